The molecule has 0 aliphatic heterocycles. The summed E-state index contributed by atoms with van der Waals surface area (Å²) in [5, 5.41) is 4.55. The van der Waals surface area contributed by atoms with Crippen LogP contribution in [0.4, 0.5) is 0 Å². The van der Waals surface area contributed by atoms with Gasteiger partial charge < -0.3 is 14.2 Å². The van der Waals surface area contributed by atoms with E-state index in [2.05, 4.69) is 5.16 Å². The fourth-order valence-electron chi connectivity index (χ4n) is 2.71. The molecule has 7 heteroatoms. The van der Waals surface area contributed by atoms with Crippen LogP contribution in [-0.2, 0) is 16.1 Å². The third-order valence-electron chi connectivity index (χ3n) is 4.18. The Morgan fingerprint density at radius 2 is 1.89 bits per heavy atom. The number of benzene rings is 2. The van der Waals surface area contributed by atoms with Crippen molar-refractivity contribution in [3.63, 3.8) is 0 Å². The fourth-order valence-corrected chi connectivity index (χ4v) is 2.93. The molecule has 1 amide bonds. The van der Waals surface area contributed by atoms with Gasteiger partial charge in [-0.2, -0.15) is 0 Å². The minimum atomic E-state index is -0.651. The Balaban J connectivity index is 1.64. The Kier molecular flexibility index (Phi) is 6.11. The standard InChI is InChI=1S/C21H19ClN2O4/c1-14-19(20(23-28-14)16-8-4-3-5-9-16)21(26)27-13-18(25)24(2)12-15-7-6-10-17(22)11-15/h3-11H,12-13H2,1-2H3. The van der Waals surface area contributed by atoms with Gasteiger partial charge in [-0.05, 0) is 24.6 Å². The zero-order chi connectivity index (χ0) is 20.1. The first-order valence-corrected chi connectivity index (χ1v) is 9.00. The summed E-state index contributed by atoms with van der Waals surface area (Å²) in [7, 11) is 1.64. The lowest BCUT2D eigenvalue weighted by molar-refractivity contribution is -0.133. The molecule has 1 aromatic heterocycles. The van der Waals surface area contributed by atoms with Crippen molar-refractivity contribution in [3.05, 3.63) is 76.5 Å². The van der Waals surface area contributed by atoms with Crippen molar-refractivity contribution in [2.75, 3.05) is 13.7 Å². The van der Waals surface area contributed by atoms with E-state index in [1.165, 1.54) is 4.90 Å². The van der Waals surface area contributed by atoms with Crippen LogP contribution in [0.1, 0.15) is 21.7 Å². The number of nitrogens with zero attached hydrogens (tertiary/aromatic N) is 2. The second kappa shape index (κ2) is 8.71. The van der Waals surface area contributed by atoms with Gasteiger partial charge in [0.1, 0.15) is 17.0 Å². The molecule has 3 rings (SSSR count). The topological polar surface area (TPSA) is 72.6 Å². The van der Waals surface area contributed by atoms with Crippen molar-refractivity contribution in [3.8, 4) is 11.3 Å². The molecule has 6 nitrogen and oxygen atoms in total. The average molecular weight is 399 g/mol. The number of rotatable bonds is 6. The summed E-state index contributed by atoms with van der Waals surface area (Å²) in [4.78, 5) is 26.3. The first-order valence-electron chi connectivity index (χ1n) is 8.63. The molecule has 0 bridgehead atoms. The van der Waals surface area contributed by atoms with Crippen LogP contribution < -0.4 is 0 Å². The minimum absolute atomic E-state index is 0.219. The number of halogens is 1. The van der Waals surface area contributed by atoms with Gasteiger partial charge in [-0.25, -0.2) is 4.79 Å². The molecule has 0 atom stereocenters. The molecule has 3 aromatic rings. The van der Waals surface area contributed by atoms with E-state index in [-0.39, 0.29) is 18.1 Å². The van der Waals surface area contributed by atoms with E-state index in [9.17, 15) is 9.59 Å². The highest BCUT2D eigenvalue weighted by Crippen LogP contribution is 2.25. The van der Waals surface area contributed by atoms with Crippen molar-refractivity contribution in [1.29, 1.82) is 0 Å². The molecule has 0 spiro atoms. The number of carbonyl (C=O) groups excluding carboxylic acids is 2. The van der Waals surface area contributed by atoms with E-state index in [1.54, 1.807) is 26.1 Å². The fraction of sp³-hybridized carbons (Fsp3) is 0.190. The largest absolute Gasteiger partial charge is 0.452 e. The third kappa shape index (κ3) is 4.58. The van der Waals surface area contributed by atoms with Gasteiger partial charge in [0, 0.05) is 24.2 Å². The molecule has 0 radical (unpaired) electrons. The van der Waals surface area contributed by atoms with E-state index in [1.807, 2.05) is 42.5 Å². The summed E-state index contributed by atoms with van der Waals surface area (Å²) in [5.74, 6) is -0.644. The third-order valence-corrected chi connectivity index (χ3v) is 4.41. The van der Waals surface area contributed by atoms with Gasteiger partial charge in [0.2, 0.25) is 0 Å². The predicted molar refractivity (Wildman–Crippen MR) is 105 cm³/mol. The molecule has 0 aliphatic rings. The normalized spacial score (nSPS) is 10.5. The quantitative estimate of drug-likeness (QED) is 0.584. The lowest BCUT2D eigenvalue weighted by Crippen LogP contribution is -2.30. The number of carbonyl (C=O) groups is 2. The van der Waals surface area contributed by atoms with Crippen LogP contribution in [0.15, 0.2) is 59.1 Å². The highest BCUT2D eigenvalue weighted by atomic mass is 35.5. The molecule has 0 aliphatic carbocycles. The summed E-state index contributed by atoms with van der Waals surface area (Å²) in [6.45, 7) is 1.61. The van der Waals surface area contributed by atoms with Crippen molar-refractivity contribution in [2.24, 2.45) is 0 Å². The number of amides is 1. The first kappa shape index (κ1) is 19.6. The SMILES string of the molecule is Cc1onc(-c2ccccc2)c1C(=O)OCC(=O)N(C)Cc1cccc(Cl)c1. The van der Waals surface area contributed by atoms with Crippen molar-refractivity contribution in [1.82, 2.24) is 10.1 Å². The maximum Gasteiger partial charge on any atom is 0.344 e. The molecule has 0 fully saturated rings. The molecule has 28 heavy (non-hydrogen) atoms. The van der Waals surface area contributed by atoms with Crippen molar-refractivity contribution < 1.29 is 18.8 Å². The van der Waals surface area contributed by atoms with E-state index in [0.717, 1.165) is 11.1 Å². The summed E-state index contributed by atoms with van der Waals surface area (Å²) >= 11 is 5.96. The summed E-state index contributed by atoms with van der Waals surface area (Å²) < 4.78 is 10.4. The highest BCUT2D eigenvalue weighted by molar-refractivity contribution is 6.30. The van der Waals surface area contributed by atoms with Crippen LogP contribution in [-0.4, -0.2) is 35.6 Å². The molecule has 1 heterocycles. The van der Waals surface area contributed by atoms with Crippen LogP contribution in [0.5, 0.6) is 0 Å². The zero-order valence-corrected chi connectivity index (χ0v) is 16.3. The Morgan fingerprint density at radius 1 is 1.14 bits per heavy atom. The summed E-state index contributed by atoms with van der Waals surface area (Å²) in [5.41, 5.74) is 2.23. The maximum atomic E-state index is 12.5. The van der Waals surface area contributed by atoms with Gasteiger partial charge in [0.05, 0.1) is 0 Å². The molecule has 0 saturated heterocycles. The van der Waals surface area contributed by atoms with Crippen LogP contribution in [0, 0.1) is 6.92 Å². The first-order chi connectivity index (χ1) is 13.5. The van der Waals surface area contributed by atoms with E-state index >= 15 is 0 Å². The molecular weight excluding hydrogens is 380 g/mol. The van der Waals surface area contributed by atoms with E-state index in [4.69, 9.17) is 20.9 Å². The maximum absolute atomic E-state index is 12.5. The Hall–Kier alpha value is -3.12. The van der Waals surface area contributed by atoms with Crippen molar-refractivity contribution in [2.45, 2.75) is 13.5 Å². The lowest BCUT2D eigenvalue weighted by Gasteiger charge is -2.17. The Morgan fingerprint density at radius 3 is 2.61 bits per heavy atom. The molecular formula is C21H19ClN2O4. The number of aromatic nitrogens is 1. The van der Waals surface area contributed by atoms with Crippen LogP contribution >= 0.6 is 11.6 Å². The molecule has 144 valence electrons. The number of ether oxygens (including phenoxy) is 1. The molecule has 0 N–H and O–H groups in total. The summed E-state index contributed by atoms with van der Waals surface area (Å²) in [6, 6.07) is 16.4. The smallest absolute Gasteiger partial charge is 0.344 e. The average Bonchev–Trinajstić information content (AvgIpc) is 3.08. The minimum Gasteiger partial charge on any atom is -0.452 e. The molecule has 0 unspecified atom stereocenters. The lowest BCUT2D eigenvalue weighted by atomic mass is 10.1. The second-order valence-corrected chi connectivity index (χ2v) is 6.72. The van der Waals surface area contributed by atoms with Gasteiger partial charge >= 0.3 is 5.97 Å². The highest BCUT2D eigenvalue weighted by Gasteiger charge is 2.24. The number of hydrogen-bond donors (Lipinski definition) is 0. The van der Waals surface area contributed by atoms with Crippen LogP contribution in [0.2, 0.25) is 5.02 Å². The van der Waals surface area contributed by atoms with Crippen LogP contribution in [0.25, 0.3) is 11.3 Å². The zero-order valence-electron chi connectivity index (χ0n) is 15.5. The summed E-state index contributed by atoms with van der Waals surface area (Å²) in [6.07, 6.45) is 0. The number of hydrogen-bond acceptors (Lipinski definition) is 5. The van der Waals surface area contributed by atoms with Crippen molar-refractivity contribution >= 4 is 23.5 Å². The number of esters is 1. The van der Waals surface area contributed by atoms with E-state index in [0.29, 0.717) is 23.0 Å². The Labute approximate surface area is 167 Å². The monoisotopic (exact) mass is 398 g/mol. The van der Waals surface area contributed by atoms with Gasteiger partial charge in [0.15, 0.2) is 6.61 Å². The predicted octanol–water partition coefficient (Wildman–Crippen LogP) is 4.12. The van der Waals surface area contributed by atoms with Gasteiger partial charge in [0.25, 0.3) is 5.91 Å². The Bertz CT molecular complexity index is 985. The van der Waals surface area contributed by atoms with Gasteiger partial charge in [-0.15, -0.1) is 0 Å². The van der Waals surface area contributed by atoms with E-state index < -0.39 is 5.97 Å². The van der Waals surface area contributed by atoms with Crippen LogP contribution in [0.3, 0.4) is 0 Å². The number of likely N-dealkylation sites (N-methyl/N-ethyl adjacent to an activating group) is 1. The van der Waals surface area contributed by atoms with Gasteiger partial charge in [-0.1, -0.05) is 59.2 Å². The van der Waals surface area contributed by atoms with Gasteiger partial charge in [-0.3, -0.25) is 4.79 Å². The second-order valence-electron chi connectivity index (χ2n) is 6.28. The molecule has 2 aromatic carbocycles. The number of aryl methyl sites for hydroxylation is 1. The molecule has 0 saturated carbocycles.